The number of aromatic nitrogens is 2. The van der Waals surface area contributed by atoms with E-state index in [9.17, 15) is 4.79 Å². The molecule has 1 fully saturated rings. The number of aryl methyl sites for hydroxylation is 1. The highest BCUT2D eigenvalue weighted by Gasteiger charge is 2.26. The Kier molecular flexibility index (Phi) is 6.55. The van der Waals surface area contributed by atoms with Crippen molar-refractivity contribution >= 4 is 34.0 Å². The lowest BCUT2D eigenvalue weighted by Gasteiger charge is -2.35. The van der Waals surface area contributed by atoms with E-state index in [1.54, 1.807) is 41.8 Å². The van der Waals surface area contributed by atoms with Crippen LogP contribution >= 0.6 is 22.9 Å². The summed E-state index contributed by atoms with van der Waals surface area (Å²) >= 11 is 7.67. The average Bonchev–Trinajstić information content (AvgIpc) is 3.16. The predicted octanol–water partition coefficient (Wildman–Crippen LogP) is 4.71. The van der Waals surface area contributed by atoms with E-state index in [0.717, 1.165) is 40.0 Å². The van der Waals surface area contributed by atoms with Crippen LogP contribution in [0.5, 0.6) is 0 Å². The van der Waals surface area contributed by atoms with Crippen molar-refractivity contribution < 1.29 is 9.53 Å². The molecule has 1 N–H and O–H groups in total. The Hall–Kier alpha value is -2.48. The molecule has 0 aliphatic carbocycles. The number of anilines is 1. The minimum Gasteiger partial charge on any atom is -0.372 e. The first-order valence-corrected chi connectivity index (χ1v) is 11.5. The van der Waals surface area contributed by atoms with Gasteiger partial charge in [0.05, 0.1) is 29.3 Å². The standard InChI is InChI=1S/C23H25ClN4O2S/c1-14-9-17(7-8-25-14)21-20(11-26-22(29)18-5-4-6-19(24)10-18)27-23(31-21)28-12-15(2)30-16(3)13-28/h4-10,15-16H,11-13H2,1-3H3,(H,26,29)/t15-,16+. The Morgan fingerprint density at radius 2 is 2.03 bits per heavy atom. The highest BCUT2D eigenvalue weighted by molar-refractivity contribution is 7.19. The Labute approximate surface area is 191 Å². The van der Waals surface area contributed by atoms with Crippen LogP contribution in [0.4, 0.5) is 5.13 Å². The number of nitrogens with one attached hydrogen (secondary N) is 1. The summed E-state index contributed by atoms with van der Waals surface area (Å²) in [5.41, 5.74) is 3.36. The summed E-state index contributed by atoms with van der Waals surface area (Å²) in [6.07, 6.45) is 2.09. The molecule has 3 heterocycles. The molecule has 1 saturated heterocycles. The fourth-order valence-corrected chi connectivity index (χ4v) is 5.02. The molecule has 0 saturated carbocycles. The summed E-state index contributed by atoms with van der Waals surface area (Å²) in [4.78, 5) is 25.2. The van der Waals surface area contributed by atoms with Crippen molar-refractivity contribution in [3.05, 3.63) is 64.6 Å². The lowest BCUT2D eigenvalue weighted by atomic mass is 10.1. The van der Waals surface area contributed by atoms with Crippen molar-refractivity contribution in [2.45, 2.75) is 39.5 Å². The third-order valence-electron chi connectivity index (χ3n) is 5.04. The minimum absolute atomic E-state index is 0.144. The van der Waals surface area contributed by atoms with Gasteiger partial charge in [0.2, 0.25) is 0 Å². The molecule has 2 aromatic heterocycles. The van der Waals surface area contributed by atoms with E-state index >= 15 is 0 Å². The van der Waals surface area contributed by atoms with Crippen LogP contribution in [-0.2, 0) is 11.3 Å². The molecule has 6 nitrogen and oxygen atoms in total. The van der Waals surface area contributed by atoms with Crippen LogP contribution in [-0.4, -0.2) is 41.2 Å². The summed E-state index contributed by atoms with van der Waals surface area (Å²) in [5.74, 6) is -0.178. The van der Waals surface area contributed by atoms with Crippen molar-refractivity contribution in [3.8, 4) is 10.4 Å². The highest BCUT2D eigenvalue weighted by atomic mass is 35.5. The Morgan fingerprint density at radius 3 is 2.74 bits per heavy atom. The third kappa shape index (κ3) is 5.23. The maximum absolute atomic E-state index is 12.6. The number of amides is 1. The second kappa shape index (κ2) is 9.34. The van der Waals surface area contributed by atoms with Gasteiger partial charge in [-0.25, -0.2) is 4.98 Å². The van der Waals surface area contributed by atoms with E-state index < -0.39 is 0 Å². The molecule has 0 radical (unpaired) electrons. The number of thiazole rings is 1. The van der Waals surface area contributed by atoms with Crippen LogP contribution in [0.3, 0.4) is 0 Å². The van der Waals surface area contributed by atoms with E-state index in [4.69, 9.17) is 21.3 Å². The first-order valence-electron chi connectivity index (χ1n) is 10.3. The fraction of sp³-hybridized carbons (Fsp3) is 0.348. The van der Waals surface area contributed by atoms with Crippen LogP contribution in [0.1, 0.15) is 35.6 Å². The summed E-state index contributed by atoms with van der Waals surface area (Å²) in [6, 6.07) is 11.0. The number of halogens is 1. The summed E-state index contributed by atoms with van der Waals surface area (Å²) in [6.45, 7) is 8.04. The van der Waals surface area contributed by atoms with Gasteiger partial charge in [0, 0.05) is 35.6 Å². The number of hydrogen-bond donors (Lipinski definition) is 1. The van der Waals surface area contributed by atoms with Gasteiger partial charge in [0.15, 0.2) is 5.13 Å². The molecule has 4 rings (SSSR count). The quantitative estimate of drug-likeness (QED) is 0.602. The molecule has 2 atom stereocenters. The number of hydrogen-bond acceptors (Lipinski definition) is 6. The molecule has 1 aromatic carbocycles. The van der Waals surface area contributed by atoms with Gasteiger partial charge in [0.25, 0.3) is 5.91 Å². The van der Waals surface area contributed by atoms with Crippen LogP contribution < -0.4 is 10.2 Å². The smallest absolute Gasteiger partial charge is 0.251 e. The number of carbonyl (C=O) groups is 1. The van der Waals surface area contributed by atoms with Gasteiger partial charge in [-0.3, -0.25) is 9.78 Å². The zero-order chi connectivity index (χ0) is 22.0. The van der Waals surface area contributed by atoms with Gasteiger partial charge >= 0.3 is 0 Å². The maximum Gasteiger partial charge on any atom is 0.251 e. The molecule has 162 valence electrons. The SMILES string of the molecule is Cc1cc(-c2sc(N3C[C@@H](C)O[C@@H](C)C3)nc2CNC(=O)c2cccc(Cl)c2)ccn1. The Balaban J connectivity index is 1.61. The molecular weight excluding hydrogens is 432 g/mol. The van der Waals surface area contributed by atoms with Gasteiger partial charge in [-0.1, -0.05) is 29.0 Å². The van der Waals surface area contributed by atoms with E-state index in [-0.39, 0.29) is 18.1 Å². The third-order valence-corrected chi connectivity index (χ3v) is 6.48. The monoisotopic (exact) mass is 456 g/mol. The van der Waals surface area contributed by atoms with Crippen LogP contribution in [0.2, 0.25) is 5.02 Å². The van der Waals surface area contributed by atoms with Crippen molar-refractivity contribution in [2.75, 3.05) is 18.0 Å². The van der Waals surface area contributed by atoms with Gasteiger partial charge in [-0.2, -0.15) is 0 Å². The topological polar surface area (TPSA) is 67.3 Å². The zero-order valence-corrected chi connectivity index (χ0v) is 19.3. The number of ether oxygens (including phenoxy) is 1. The number of pyridine rings is 1. The van der Waals surface area contributed by atoms with Crippen LogP contribution in [0, 0.1) is 6.92 Å². The van der Waals surface area contributed by atoms with Crippen molar-refractivity contribution in [3.63, 3.8) is 0 Å². The molecule has 0 bridgehead atoms. The number of carbonyl (C=O) groups excluding carboxylic acids is 1. The van der Waals surface area contributed by atoms with E-state index in [2.05, 4.69) is 29.0 Å². The van der Waals surface area contributed by atoms with Crippen LogP contribution in [0.15, 0.2) is 42.6 Å². The zero-order valence-electron chi connectivity index (χ0n) is 17.8. The normalized spacial score (nSPS) is 18.8. The van der Waals surface area contributed by atoms with Gasteiger partial charge in [-0.05, 0) is 56.7 Å². The average molecular weight is 457 g/mol. The number of morpholine rings is 1. The first-order chi connectivity index (χ1) is 14.9. The number of benzene rings is 1. The fourth-order valence-electron chi connectivity index (χ4n) is 3.74. The lowest BCUT2D eigenvalue weighted by molar-refractivity contribution is -0.00523. The molecule has 1 aliphatic heterocycles. The lowest BCUT2D eigenvalue weighted by Crippen LogP contribution is -2.45. The second-order valence-corrected chi connectivity index (χ2v) is 9.23. The maximum atomic E-state index is 12.6. The molecule has 8 heteroatoms. The van der Waals surface area contributed by atoms with Crippen molar-refractivity contribution in [1.29, 1.82) is 0 Å². The van der Waals surface area contributed by atoms with Crippen molar-refractivity contribution in [1.82, 2.24) is 15.3 Å². The Morgan fingerprint density at radius 1 is 1.26 bits per heavy atom. The Bertz CT molecular complexity index is 1080. The largest absolute Gasteiger partial charge is 0.372 e. The predicted molar refractivity (Wildman–Crippen MR) is 125 cm³/mol. The molecule has 0 spiro atoms. The summed E-state index contributed by atoms with van der Waals surface area (Å²) in [7, 11) is 0. The van der Waals surface area contributed by atoms with Crippen LogP contribution in [0.25, 0.3) is 10.4 Å². The molecular formula is C23H25ClN4O2S. The van der Waals surface area contributed by atoms with Gasteiger partial charge < -0.3 is 15.0 Å². The number of nitrogens with zero attached hydrogens (tertiary/aromatic N) is 3. The van der Waals surface area contributed by atoms with E-state index in [0.29, 0.717) is 17.1 Å². The summed E-state index contributed by atoms with van der Waals surface area (Å²) in [5, 5.41) is 4.47. The molecule has 1 aliphatic rings. The molecule has 3 aromatic rings. The highest BCUT2D eigenvalue weighted by Crippen LogP contribution is 2.36. The van der Waals surface area contributed by atoms with Gasteiger partial charge in [-0.15, -0.1) is 0 Å². The molecule has 1 amide bonds. The van der Waals surface area contributed by atoms with E-state index in [1.165, 1.54) is 0 Å². The van der Waals surface area contributed by atoms with Crippen molar-refractivity contribution in [2.24, 2.45) is 0 Å². The summed E-state index contributed by atoms with van der Waals surface area (Å²) < 4.78 is 5.87. The first kappa shape index (κ1) is 21.7. The molecule has 0 unspecified atom stereocenters. The molecule has 31 heavy (non-hydrogen) atoms. The van der Waals surface area contributed by atoms with Gasteiger partial charge in [0.1, 0.15) is 0 Å². The van der Waals surface area contributed by atoms with E-state index in [1.807, 2.05) is 19.1 Å². The second-order valence-electron chi connectivity index (χ2n) is 7.81. The number of rotatable bonds is 5. The minimum atomic E-state index is -0.178.